The lowest BCUT2D eigenvalue weighted by Gasteiger charge is -2.03. The molecule has 1 atom stereocenters. The summed E-state index contributed by atoms with van der Waals surface area (Å²) >= 11 is 0. The molecule has 0 unspecified atom stereocenters. The van der Waals surface area contributed by atoms with Crippen molar-refractivity contribution in [2.24, 2.45) is 0 Å². The normalized spacial score (nSPS) is 22.5. The van der Waals surface area contributed by atoms with E-state index in [1.807, 2.05) is 6.08 Å². The molecule has 0 bridgehead atoms. The molecule has 1 N–H and O–H groups in total. The molecule has 1 aliphatic rings. The minimum absolute atomic E-state index is 0.224. The van der Waals surface area contributed by atoms with E-state index < -0.39 is 0 Å². The number of rotatable bonds is 4. The van der Waals surface area contributed by atoms with Crippen LogP contribution in [0.5, 0.6) is 0 Å². The number of cyclic esters (lactones) is 1. The lowest BCUT2D eigenvalue weighted by Crippen LogP contribution is -2.25. The van der Waals surface area contributed by atoms with Gasteiger partial charge in [0, 0.05) is 0 Å². The Morgan fingerprint density at radius 2 is 2.64 bits per heavy atom. The Balaban J connectivity index is 2.08. The number of carbonyl (C=O) groups is 1. The molecule has 3 heteroatoms. The van der Waals surface area contributed by atoms with Crippen LogP contribution < -0.4 is 5.32 Å². The van der Waals surface area contributed by atoms with E-state index in [-0.39, 0.29) is 12.1 Å². The third kappa shape index (κ3) is 2.62. The number of amides is 1. The van der Waals surface area contributed by atoms with Crippen LogP contribution in [0.1, 0.15) is 19.3 Å². The van der Waals surface area contributed by atoms with Crippen LogP contribution in [0.4, 0.5) is 4.79 Å². The third-order valence-corrected chi connectivity index (χ3v) is 1.70. The van der Waals surface area contributed by atoms with Crippen molar-refractivity contribution in [1.82, 2.24) is 5.32 Å². The molecule has 11 heavy (non-hydrogen) atoms. The Bertz CT molecular complexity index is 156. The van der Waals surface area contributed by atoms with Crippen LogP contribution in [-0.2, 0) is 4.74 Å². The standard InChI is InChI=1S/C8H13NO2/c1-2-3-4-5-7-6-11-8(10)9-7/h2,7H,1,3-6H2,(H,9,10)/t7-/m0/s1. The summed E-state index contributed by atoms with van der Waals surface area (Å²) in [5.41, 5.74) is 0. The van der Waals surface area contributed by atoms with Crippen molar-refractivity contribution in [1.29, 1.82) is 0 Å². The van der Waals surface area contributed by atoms with Crippen LogP contribution in [-0.4, -0.2) is 18.7 Å². The van der Waals surface area contributed by atoms with Crippen LogP contribution in [0.15, 0.2) is 12.7 Å². The molecule has 1 saturated heterocycles. The summed E-state index contributed by atoms with van der Waals surface area (Å²) < 4.78 is 4.72. The predicted octanol–water partition coefficient (Wildman–Crippen LogP) is 1.45. The fraction of sp³-hybridized carbons (Fsp3) is 0.625. The molecule has 0 radical (unpaired) electrons. The van der Waals surface area contributed by atoms with Gasteiger partial charge in [0.2, 0.25) is 0 Å². The van der Waals surface area contributed by atoms with Gasteiger partial charge < -0.3 is 10.1 Å². The Morgan fingerprint density at radius 1 is 1.82 bits per heavy atom. The highest BCUT2D eigenvalue weighted by Gasteiger charge is 2.20. The molecular formula is C8H13NO2. The number of nitrogens with one attached hydrogen (secondary N) is 1. The summed E-state index contributed by atoms with van der Waals surface area (Å²) in [6, 6.07) is 0.224. The zero-order chi connectivity index (χ0) is 8.10. The van der Waals surface area contributed by atoms with Crippen LogP contribution >= 0.6 is 0 Å². The van der Waals surface area contributed by atoms with Crippen LogP contribution in [0.2, 0.25) is 0 Å². The largest absolute Gasteiger partial charge is 0.447 e. The van der Waals surface area contributed by atoms with Gasteiger partial charge in [-0.25, -0.2) is 4.79 Å². The maximum atomic E-state index is 10.5. The van der Waals surface area contributed by atoms with Gasteiger partial charge in [0.1, 0.15) is 6.61 Å². The Kier molecular flexibility index (Phi) is 2.95. The maximum absolute atomic E-state index is 10.5. The van der Waals surface area contributed by atoms with E-state index >= 15 is 0 Å². The number of ether oxygens (including phenoxy) is 1. The first-order valence-corrected chi connectivity index (χ1v) is 3.87. The van der Waals surface area contributed by atoms with E-state index in [0.717, 1.165) is 19.3 Å². The smallest absolute Gasteiger partial charge is 0.407 e. The number of carbonyl (C=O) groups excluding carboxylic acids is 1. The Labute approximate surface area is 66.4 Å². The van der Waals surface area contributed by atoms with Crippen molar-refractivity contribution in [3.05, 3.63) is 12.7 Å². The Morgan fingerprint density at radius 3 is 3.18 bits per heavy atom. The molecule has 1 fully saturated rings. The average molecular weight is 155 g/mol. The summed E-state index contributed by atoms with van der Waals surface area (Å²) in [4.78, 5) is 10.5. The van der Waals surface area contributed by atoms with E-state index in [2.05, 4.69) is 11.9 Å². The molecule has 3 nitrogen and oxygen atoms in total. The maximum Gasteiger partial charge on any atom is 0.407 e. The lowest BCUT2D eigenvalue weighted by molar-refractivity contribution is 0.176. The molecule has 1 rings (SSSR count). The molecule has 0 aliphatic carbocycles. The van der Waals surface area contributed by atoms with Gasteiger partial charge in [-0.3, -0.25) is 0 Å². The summed E-state index contributed by atoms with van der Waals surface area (Å²) in [6.45, 7) is 4.14. The van der Waals surface area contributed by atoms with Crippen LogP contribution in [0.25, 0.3) is 0 Å². The van der Waals surface area contributed by atoms with Gasteiger partial charge >= 0.3 is 6.09 Å². The number of hydrogen-bond donors (Lipinski definition) is 1. The molecule has 0 aromatic heterocycles. The second-order valence-corrected chi connectivity index (χ2v) is 2.66. The molecule has 1 heterocycles. The van der Waals surface area contributed by atoms with E-state index in [4.69, 9.17) is 4.74 Å². The van der Waals surface area contributed by atoms with Crippen molar-refractivity contribution in [3.8, 4) is 0 Å². The SMILES string of the molecule is C=CCCC[C@H]1COC(=O)N1. The lowest BCUT2D eigenvalue weighted by atomic mass is 10.1. The zero-order valence-electron chi connectivity index (χ0n) is 6.51. The van der Waals surface area contributed by atoms with E-state index in [1.54, 1.807) is 0 Å². The highest BCUT2D eigenvalue weighted by Crippen LogP contribution is 2.06. The number of unbranched alkanes of at least 4 members (excludes halogenated alkanes) is 1. The third-order valence-electron chi connectivity index (χ3n) is 1.70. The summed E-state index contributed by atoms with van der Waals surface area (Å²) in [5.74, 6) is 0. The van der Waals surface area contributed by atoms with Gasteiger partial charge in [-0.2, -0.15) is 0 Å². The second kappa shape index (κ2) is 4.01. The predicted molar refractivity (Wildman–Crippen MR) is 42.3 cm³/mol. The van der Waals surface area contributed by atoms with Crippen molar-refractivity contribution >= 4 is 6.09 Å². The summed E-state index contributed by atoms with van der Waals surface area (Å²) in [7, 11) is 0. The first-order valence-electron chi connectivity index (χ1n) is 3.87. The molecule has 62 valence electrons. The number of allylic oxidation sites excluding steroid dienone is 1. The summed E-state index contributed by atoms with van der Waals surface area (Å²) in [6.07, 6.45) is 4.66. The van der Waals surface area contributed by atoms with Gasteiger partial charge in [0.15, 0.2) is 0 Å². The van der Waals surface area contributed by atoms with Gasteiger partial charge in [0.05, 0.1) is 6.04 Å². The Hall–Kier alpha value is -0.990. The highest BCUT2D eigenvalue weighted by atomic mass is 16.6. The first kappa shape index (κ1) is 8.11. The molecule has 1 aliphatic heterocycles. The van der Waals surface area contributed by atoms with Crippen LogP contribution in [0, 0.1) is 0 Å². The minimum Gasteiger partial charge on any atom is -0.447 e. The quantitative estimate of drug-likeness (QED) is 0.493. The molecule has 0 aromatic carbocycles. The van der Waals surface area contributed by atoms with E-state index in [1.165, 1.54) is 0 Å². The monoisotopic (exact) mass is 155 g/mol. The van der Waals surface area contributed by atoms with Gasteiger partial charge in [0.25, 0.3) is 0 Å². The van der Waals surface area contributed by atoms with Crippen molar-refractivity contribution in [3.63, 3.8) is 0 Å². The molecule has 0 aromatic rings. The molecule has 0 spiro atoms. The molecule has 0 saturated carbocycles. The van der Waals surface area contributed by atoms with E-state index in [9.17, 15) is 4.79 Å². The van der Waals surface area contributed by atoms with Gasteiger partial charge in [-0.05, 0) is 19.3 Å². The fourth-order valence-corrected chi connectivity index (χ4v) is 1.09. The molecular weight excluding hydrogens is 142 g/mol. The van der Waals surface area contributed by atoms with E-state index in [0.29, 0.717) is 6.61 Å². The van der Waals surface area contributed by atoms with Crippen molar-refractivity contribution in [2.75, 3.05) is 6.61 Å². The zero-order valence-corrected chi connectivity index (χ0v) is 6.51. The molecule has 1 amide bonds. The average Bonchev–Trinajstić information content (AvgIpc) is 2.37. The van der Waals surface area contributed by atoms with Crippen molar-refractivity contribution in [2.45, 2.75) is 25.3 Å². The van der Waals surface area contributed by atoms with Gasteiger partial charge in [-0.1, -0.05) is 6.08 Å². The number of alkyl carbamates (subject to hydrolysis) is 1. The second-order valence-electron chi connectivity index (χ2n) is 2.66. The minimum atomic E-state index is -0.284. The number of hydrogen-bond acceptors (Lipinski definition) is 2. The van der Waals surface area contributed by atoms with Crippen LogP contribution in [0.3, 0.4) is 0 Å². The fourth-order valence-electron chi connectivity index (χ4n) is 1.09. The first-order chi connectivity index (χ1) is 5.33. The highest BCUT2D eigenvalue weighted by molar-refractivity contribution is 5.69. The van der Waals surface area contributed by atoms with Crippen molar-refractivity contribution < 1.29 is 9.53 Å². The summed E-state index contributed by atoms with van der Waals surface area (Å²) in [5, 5.41) is 2.72. The topological polar surface area (TPSA) is 38.3 Å². The van der Waals surface area contributed by atoms with Gasteiger partial charge in [-0.15, -0.1) is 6.58 Å².